The standard InChI is InChI=1S/C24H18N4O4S2/c1-34(30,31)23-25-11-10-19(26-23)22-21(27-24-28(22)12-13-33-24)17-8-5-9-18(14-17)32-15-20(29)16-6-3-2-4-7-16/h2-14H,15H2,1H3. The van der Waals surface area contributed by atoms with E-state index in [1.54, 1.807) is 30.3 Å². The predicted octanol–water partition coefficient (Wildman–Crippen LogP) is 4.19. The number of carbonyl (C=O) groups excluding carboxylic acids is 1. The van der Waals surface area contributed by atoms with E-state index in [-0.39, 0.29) is 17.5 Å². The summed E-state index contributed by atoms with van der Waals surface area (Å²) in [5, 5.41) is 1.64. The van der Waals surface area contributed by atoms with Crippen LogP contribution in [0.15, 0.2) is 83.6 Å². The maximum Gasteiger partial charge on any atom is 0.247 e. The van der Waals surface area contributed by atoms with E-state index in [1.807, 2.05) is 46.3 Å². The van der Waals surface area contributed by atoms with Crippen molar-refractivity contribution < 1.29 is 17.9 Å². The van der Waals surface area contributed by atoms with Crippen LogP contribution in [0.2, 0.25) is 0 Å². The molecule has 3 aromatic heterocycles. The smallest absolute Gasteiger partial charge is 0.247 e. The average molecular weight is 491 g/mol. The van der Waals surface area contributed by atoms with Gasteiger partial charge in [0, 0.05) is 35.2 Å². The molecule has 0 bridgehead atoms. The summed E-state index contributed by atoms with van der Waals surface area (Å²) in [6.45, 7) is -0.0950. The summed E-state index contributed by atoms with van der Waals surface area (Å²) in [5.74, 6) is 0.395. The minimum absolute atomic E-state index is 0.0950. The molecule has 2 aromatic carbocycles. The molecule has 0 unspecified atom stereocenters. The highest BCUT2D eigenvalue weighted by Crippen LogP contribution is 2.34. The molecule has 0 aliphatic rings. The number of aromatic nitrogens is 4. The van der Waals surface area contributed by atoms with E-state index in [0.717, 1.165) is 16.8 Å². The van der Waals surface area contributed by atoms with Gasteiger partial charge in [0.2, 0.25) is 15.0 Å². The van der Waals surface area contributed by atoms with Gasteiger partial charge in [-0.15, -0.1) is 11.3 Å². The lowest BCUT2D eigenvalue weighted by molar-refractivity contribution is 0.0921. The Morgan fingerprint density at radius 1 is 1.06 bits per heavy atom. The molecule has 8 nitrogen and oxygen atoms in total. The summed E-state index contributed by atoms with van der Waals surface area (Å²) >= 11 is 1.45. The lowest BCUT2D eigenvalue weighted by Gasteiger charge is -2.09. The van der Waals surface area contributed by atoms with Crippen LogP contribution in [0.4, 0.5) is 0 Å². The van der Waals surface area contributed by atoms with Gasteiger partial charge in [0.15, 0.2) is 17.4 Å². The van der Waals surface area contributed by atoms with Gasteiger partial charge in [0.25, 0.3) is 0 Å². The van der Waals surface area contributed by atoms with E-state index in [1.165, 1.54) is 17.5 Å². The number of hydrogen-bond acceptors (Lipinski definition) is 8. The minimum atomic E-state index is -3.58. The topological polar surface area (TPSA) is 104 Å². The van der Waals surface area contributed by atoms with Gasteiger partial charge in [-0.2, -0.15) is 0 Å². The monoisotopic (exact) mass is 490 g/mol. The van der Waals surface area contributed by atoms with Crippen LogP contribution in [0.1, 0.15) is 10.4 Å². The van der Waals surface area contributed by atoms with Gasteiger partial charge in [0.05, 0.1) is 11.4 Å². The number of sulfone groups is 1. The molecule has 10 heteroatoms. The average Bonchev–Trinajstić information content (AvgIpc) is 3.44. The van der Waals surface area contributed by atoms with E-state index in [0.29, 0.717) is 28.4 Å². The van der Waals surface area contributed by atoms with Gasteiger partial charge in [0.1, 0.15) is 11.4 Å². The van der Waals surface area contributed by atoms with Crippen LogP contribution in [0, 0.1) is 0 Å². The molecule has 5 aromatic rings. The molecule has 3 heterocycles. The van der Waals surface area contributed by atoms with E-state index in [2.05, 4.69) is 9.97 Å². The Kier molecular flexibility index (Phi) is 5.68. The first kappa shape index (κ1) is 21.9. The van der Waals surface area contributed by atoms with E-state index < -0.39 is 9.84 Å². The molecule has 0 fully saturated rings. The summed E-state index contributed by atoms with van der Waals surface area (Å²) in [6.07, 6.45) is 4.34. The number of hydrogen-bond donors (Lipinski definition) is 0. The molecule has 0 atom stereocenters. The first-order chi connectivity index (χ1) is 16.4. The number of Topliss-reactive ketones (excluding diaryl/α,β-unsaturated/α-hetero) is 1. The van der Waals surface area contributed by atoms with E-state index in [4.69, 9.17) is 9.72 Å². The molecule has 0 amide bonds. The van der Waals surface area contributed by atoms with Crippen LogP contribution in [-0.2, 0) is 9.84 Å². The Morgan fingerprint density at radius 3 is 2.68 bits per heavy atom. The fraction of sp³-hybridized carbons (Fsp3) is 0.0833. The highest BCUT2D eigenvalue weighted by Gasteiger charge is 2.21. The molecule has 0 radical (unpaired) electrons. The van der Waals surface area contributed by atoms with E-state index >= 15 is 0 Å². The molecule has 0 saturated heterocycles. The van der Waals surface area contributed by atoms with Crippen molar-refractivity contribution in [2.45, 2.75) is 5.16 Å². The van der Waals surface area contributed by atoms with Crippen molar-refractivity contribution in [3.05, 3.63) is 84.0 Å². The summed E-state index contributed by atoms with van der Waals surface area (Å²) in [7, 11) is -3.58. The van der Waals surface area contributed by atoms with E-state index in [9.17, 15) is 13.2 Å². The minimum Gasteiger partial charge on any atom is -0.485 e. The van der Waals surface area contributed by atoms with Crippen LogP contribution in [-0.4, -0.2) is 46.4 Å². The predicted molar refractivity (Wildman–Crippen MR) is 129 cm³/mol. The Bertz CT molecular complexity index is 1610. The Balaban J connectivity index is 1.51. The number of imidazole rings is 1. The Morgan fingerprint density at radius 2 is 1.88 bits per heavy atom. The van der Waals surface area contributed by atoms with Crippen molar-refractivity contribution in [1.29, 1.82) is 0 Å². The molecule has 0 aliphatic carbocycles. The molecule has 5 rings (SSSR count). The number of nitrogens with zero attached hydrogens (tertiary/aromatic N) is 4. The molecule has 0 saturated carbocycles. The summed E-state index contributed by atoms with van der Waals surface area (Å²) < 4.78 is 31.6. The highest BCUT2D eigenvalue weighted by molar-refractivity contribution is 7.90. The lowest BCUT2D eigenvalue weighted by atomic mass is 10.1. The number of carbonyl (C=O) groups is 1. The number of thiazole rings is 1. The zero-order valence-electron chi connectivity index (χ0n) is 18.0. The third-order valence-electron chi connectivity index (χ3n) is 5.04. The zero-order chi connectivity index (χ0) is 23.7. The summed E-state index contributed by atoms with van der Waals surface area (Å²) in [4.78, 5) is 26.1. The van der Waals surface area contributed by atoms with Crippen molar-refractivity contribution in [2.24, 2.45) is 0 Å². The third kappa shape index (κ3) is 4.33. The van der Waals surface area contributed by atoms with Crippen molar-refractivity contribution in [3.8, 4) is 28.4 Å². The number of rotatable bonds is 7. The molecule has 34 heavy (non-hydrogen) atoms. The molecular formula is C24H18N4O4S2. The lowest BCUT2D eigenvalue weighted by Crippen LogP contribution is -2.11. The second-order valence-electron chi connectivity index (χ2n) is 7.47. The highest BCUT2D eigenvalue weighted by atomic mass is 32.2. The molecular weight excluding hydrogens is 472 g/mol. The number of fused-ring (bicyclic) bond motifs is 1. The van der Waals surface area contributed by atoms with Crippen molar-refractivity contribution >= 4 is 31.9 Å². The number of benzene rings is 2. The molecule has 0 N–H and O–H groups in total. The summed E-state index contributed by atoms with van der Waals surface area (Å²) in [6, 6.07) is 17.9. The van der Waals surface area contributed by atoms with Crippen LogP contribution < -0.4 is 4.74 Å². The fourth-order valence-electron chi connectivity index (χ4n) is 3.47. The van der Waals surface area contributed by atoms with Gasteiger partial charge >= 0.3 is 0 Å². The fourth-order valence-corrected chi connectivity index (χ4v) is 4.70. The Labute approximate surface area is 199 Å². The summed E-state index contributed by atoms with van der Waals surface area (Å²) in [5.41, 5.74) is 3.02. The maximum absolute atomic E-state index is 12.4. The first-order valence-electron chi connectivity index (χ1n) is 10.2. The van der Waals surface area contributed by atoms with Crippen LogP contribution in [0.5, 0.6) is 5.75 Å². The van der Waals surface area contributed by atoms with Crippen molar-refractivity contribution in [1.82, 2.24) is 19.4 Å². The second-order valence-corrected chi connectivity index (χ2v) is 10.2. The van der Waals surface area contributed by atoms with Crippen LogP contribution >= 0.6 is 11.3 Å². The second kappa shape index (κ2) is 8.81. The van der Waals surface area contributed by atoms with Crippen molar-refractivity contribution in [3.63, 3.8) is 0 Å². The quantitative estimate of drug-likeness (QED) is 0.249. The molecule has 170 valence electrons. The van der Waals surface area contributed by atoms with Gasteiger partial charge in [-0.25, -0.2) is 23.4 Å². The van der Waals surface area contributed by atoms with Crippen molar-refractivity contribution in [2.75, 3.05) is 12.9 Å². The van der Waals surface area contributed by atoms with Crippen LogP contribution in [0.3, 0.4) is 0 Å². The van der Waals surface area contributed by atoms with Gasteiger partial charge in [-0.3, -0.25) is 9.20 Å². The molecule has 0 aliphatic heterocycles. The van der Waals surface area contributed by atoms with Crippen LogP contribution in [0.25, 0.3) is 27.6 Å². The zero-order valence-corrected chi connectivity index (χ0v) is 19.6. The first-order valence-corrected chi connectivity index (χ1v) is 13.0. The maximum atomic E-state index is 12.4. The molecule has 0 spiro atoms. The van der Waals surface area contributed by atoms with Gasteiger partial charge < -0.3 is 4.74 Å². The number of ether oxygens (including phenoxy) is 1. The third-order valence-corrected chi connectivity index (χ3v) is 6.66. The SMILES string of the molecule is CS(=O)(=O)c1nccc(-c2c(-c3cccc(OCC(=O)c4ccccc4)c3)nc3sccn23)n1. The number of ketones is 1. The Hall–Kier alpha value is -3.89. The van der Waals surface area contributed by atoms with Gasteiger partial charge in [-0.1, -0.05) is 42.5 Å². The van der Waals surface area contributed by atoms with Gasteiger partial charge in [-0.05, 0) is 18.2 Å². The normalized spacial score (nSPS) is 11.6. The largest absolute Gasteiger partial charge is 0.485 e.